The van der Waals surface area contributed by atoms with E-state index in [1.807, 2.05) is 37.4 Å². The molecule has 2 heteroatoms. The van der Waals surface area contributed by atoms with Gasteiger partial charge in [0.25, 0.3) is 0 Å². The Kier molecular flexibility index (Phi) is 4.48. The van der Waals surface area contributed by atoms with Crippen molar-refractivity contribution in [3.05, 3.63) is 54.2 Å². The van der Waals surface area contributed by atoms with Gasteiger partial charge in [0.2, 0.25) is 0 Å². The molecule has 2 rings (SSSR count). The normalized spacial score (nSPS) is 12.3. The van der Waals surface area contributed by atoms with Crippen LogP contribution in [0.5, 0.6) is 0 Å². The minimum atomic E-state index is 0.146. The van der Waals surface area contributed by atoms with E-state index < -0.39 is 0 Å². The lowest BCUT2D eigenvalue weighted by Crippen LogP contribution is -2.05. The molecule has 0 aliphatic carbocycles. The van der Waals surface area contributed by atoms with E-state index in [-0.39, 0.29) is 6.10 Å². The summed E-state index contributed by atoms with van der Waals surface area (Å²) in [6, 6.07) is 14.3. The summed E-state index contributed by atoms with van der Waals surface area (Å²) in [4.78, 5) is 4.43. The third-order valence-corrected chi connectivity index (χ3v) is 2.99. The molecular formula is C16H19NO. The highest BCUT2D eigenvalue weighted by molar-refractivity contribution is 5.63. The van der Waals surface area contributed by atoms with Crippen molar-refractivity contribution in [1.29, 1.82) is 0 Å². The first-order valence-corrected chi connectivity index (χ1v) is 6.48. The van der Waals surface area contributed by atoms with Gasteiger partial charge in [0.05, 0.1) is 11.8 Å². The molecule has 1 unspecified atom stereocenters. The zero-order valence-electron chi connectivity index (χ0n) is 11.0. The van der Waals surface area contributed by atoms with Crippen LogP contribution in [0.3, 0.4) is 0 Å². The summed E-state index contributed by atoms with van der Waals surface area (Å²) in [5.74, 6) is 0. The third-order valence-electron chi connectivity index (χ3n) is 2.99. The number of ether oxygens (including phenoxy) is 1. The summed E-state index contributed by atoms with van der Waals surface area (Å²) in [5, 5.41) is 0. The Labute approximate surface area is 109 Å². The van der Waals surface area contributed by atoms with Crippen molar-refractivity contribution in [2.24, 2.45) is 0 Å². The maximum Gasteiger partial charge on any atom is 0.0828 e. The monoisotopic (exact) mass is 241 g/mol. The number of pyridine rings is 1. The van der Waals surface area contributed by atoms with Crippen molar-refractivity contribution in [1.82, 2.24) is 4.98 Å². The second-order valence-corrected chi connectivity index (χ2v) is 4.15. The minimum Gasteiger partial charge on any atom is -0.374 e. The van der Waals surface area contributed by atoms with E-state index >= 15 is 0 Å². The van der Waals surface area contributed by atoms with Crippen LogP contribution in [-0.4, -0.2) is 11.6 Å². The van der Waals surface area contributed by atoms with Crippen molar-refractivity contribution in [3.8, 4) is 11.3 Å². The van der Waals surface area contributed by atoms with E-state index in [0.717, 1.165) is 18.7 Å². The first-order chi connectivity index (χ1) is 8.86. The number of aromatic nitrogens is 1. The Morgan fingerprint density at radius 2 is 1.83 bits per heavy atom. The molecular weight excluding hydrogens is 222 g/mol. The molecule has 0 fully saturated rings. The van der Waals surface area contributed by atoms with Crippen LogP contribution in [-0.2, 0) is 4.74 Å². The molecule has 0 N–H and O–H groups in total. The molecule has 0 bridgehead atoms. The maximum atomic E-state index is 5.81. The van der Waals surface area contributed by atoms with Crippen molar-refractivity contribution in [3.63, 3.8) is 0 Å². The molecule has 0 saturated carbocycles. The lowest BCUT2D eigenvalue weighted by atomic mass is 9.98. The van der Waals surface area contributed by atoms with Gasteiger partial charge < -0.3 is 4.74 Å². The minimum absolute atomic E-state index is 0.146. The van der Waals surface area contributed by atoms with Gasteiger partial charge in [-0.25, -0.2) is 0 Å². The highest BCUT2D eigenvalue weighted by atomic mass is 16.5. The molecule has 2 aromatic rings. The molecule has 0 saturated heterocycles. The first kappa shape index (κ1) is 12.8. The average Bonchev–Trinajstić information content (AvgIpc) is 2.46. The van der Waals surface area contributed by atoms with Gasteiger partial charge in [-0.1, -0.05) is 37.3 Å². The fourth-order valence-corrected chi connectivity index (χ4v) is 2.16. The Morgan fingerprint density at radius 1 is 1.06 bits per heavy atom. The van der Waals surface area contributed by atoms with Gasteiger partial charge in [-0.2, -0.15) is 0 Å². The van der Waals surface area contributed by atoms with Gasteiger partial charge in [0.15, 0.2) is 0 Å². The van der Waals surface area contributed by atoms with Crippen LogP contribution >= 0.6 is 0 Å². The quantitative estimate of drug-likeness (QED) is 0.781. The van der Waals surface area contributed by atoms with Crippen molar-refractivity contribution in [2.45, 2.75) is 26.4 Å². The van der Waals surface area contributed by atoms with Gasteiger partial charge in [0, 0.05) is 18.4 Å². The summed E-state index contributed by atoms with van der Waals surface area (Å²) >= 11 is 0. The molecule has 1 atom stereocenters. The van der Waals surface area contributed by atoms with Crippen molar-refractivity contribution < 1.29 is 4.74 Å². The van der Waals surface area contributed by atoms with Crippen LogP contribution in [0.1, 0.15) is 31.9 Å². The Balaban J connectivity index is 2.42. The lowest BCUT2D eigenvalue weighted by molar-refractivity contribution is 0.0602. The second kappa shape index (κ2) is 6.31. The predicted molar refractivity (Wildman–Crippen MR) is 74.3 cm³/mol. The van der Waals surface area contributed by atoms with Crippen LogP contribution in [0.4, 0.5) is 0 Å². The van der Waals surface area contributed by atoms with Crippen LogP contribution in [0.25, 0.3) is 11.3 Å². The molecule has 0 aliphatic rings. The van der Waals surface area contributed by atoms with Crippen molar-refractivity contribution >= 4 is 0 Å². The SMILES string of the molecule is CCOC(CC)c1ccccc1-c1ccccn1. The largest absolute Gasteiger partial charge is 0.374 e. The van der Waals surface area contributed by atoms with E-state index in [1.165, 1.54) is 11.1 Å². The number of rotatable bonds is 5. The smallest absolute Gasteiger partial charge is 0.0828 e. The number of hydrogen-bond acceptors (Lipinski definition) is 2. The van der Waals surface area contributed by atoms with E-state index in [2.05, 4.69) is 30.1 Å². The molecule has 1 aromatic carbocycles. The van der Waals surface area contributed by atoms with Gasteiger partial charge in [-0.05, 0) is 31.0 Å². The van der Waals surface area contributed by atoms with Crippen LogP contribution in [0, 0.1) is 0 Å². The molecule has 2 nitrogen and oxygen atoms in total. The summed E-state index contributed by atoms with van der Waals surface area (Å²) in [6.45, 7) is 4.91. The maximum absolute atomic E-state index is 5.81. The van der Waals surface area contributed by atoms with Gasteiger partial charge in [0.1, 0.15) is 0 Å². The van der Waals surface area contributed by atoms with E-state index in [4.69, 9.17) is 4.74 Å². The highest BCUT2D eigenvalue weighted by Gasteiger charge is 2.14. The first-order valence-electron chi connectivity index (χ1n) is 6.48. The molecule has 0 amide bonds. The highest BCUT2D eigenvalue weighted by Crippen LogP contribution is 2.30. The van der Waals surface area contributed by atoms with Crippen LogP contribution in [0.2, 0.25) is 0 Å². The topological polar surface area (TPSA) is 22.1 Å². The molecule has 0 spiro atoms. The molecule has 18 heavy (non-hydrogen) atoms. The number of benzene rings is 1. The Bertz CT molecular complexity index is 481. The molecule has 0 radical (unpaired) electrons. The zero-order chi connectivity index (χ0) is 12.8. The Hall–Kier alpha value is -1.67. The van der Waals surface area contributed by atoms with Gasteiger partial charge >= 0.3 is 0 Å². The van der Waals surface area contributed by atoms with E-state index in [9.17, 15) is 0 Å². The second-order valence-electron chi connectivity index (χ2n) is 4.15. The standard InChI is InChI=1S/C16H19NO/c1-3-16(18-4-2)14-10-6-5-9-13(14)15-11-7-8-12-17-15/h5-12,16H,3-4H2,1-2H3. The van der Waals surface area contributed by atoms with E-state index in [0.29, 0.717) is 0 Å². The summed E-state index contributed by atoms with van der Waals surface area (Å²) in [7, 11) is 0. The Morgan fingerprint density at radius 3 is 2.50 bits per heavy atom. The molecule has 1 aromatic heterocycles. The summed E-state index contributed by atoms with van der Waals surface area (Å²) in [6.07, 6.45) is 2.94. The predicted octanol–water partition coefficient (Wildman–Crippen LogP) is 4.24. The summed E-state index contributed by atoms with van der Waals surface area (Å²) < 4.78 is 5.81. The fraction of sp³-hybridized carbons (Fsp3) is 0.312. The molecule has 94 valence electrons. The number of nitrogens with zero attached hydrogens (tertiary/aromatic N) is 1. The zero-order valence-corrected chi connectivity index (χ0v) is 11.0. The average molecular weight is 241 g/mol. The van der Waals surface area contributed by atoms with E-state index in [1.54, 1.807) is 0 Å². The fourth-order valence-electron chi connectivity index (χ4n) is 2.16. The van der Waals surface area contributed by atoms with Gasteiger partial charge in [-0.15, -0.1) is 0 Å². The number of hydrogen-bond donors (Lipinski definition) is 0. The third kappa shape index (κ3) is 2.77. The summed E-state index contributed by atoms with van der Waals surface area (Å²) in [5.41, 5.74) is 3.39. The lowest BCUT2D eigenvalue weighted by Gasteiger charge is -2.18. The van der Waals surface area contributed by atoms with Crippen LogP contribution < -0.4 is 0 Å². The van der Waals surface area contributed by atoms with Gasteiger partial charge in [-0.3, -0.25) is 4.98 Å². The molecule has 1 heterocycles. The van der Waals surface area contributed by atoms with Crippen LogP contribution in [0.15, 0.2) is 48.7 Å². The van der Waals surface area contributed by atoms with Crippen molar-refractivity contribution in [2.75, 3.05) is 6.61 Å². The molecule has 0 aliphatic heterocycles.